The summed E-state index contributed by atoms with van der Waals surface area (Å²) in [6, 6.07) is 12.6. The van der Waals surface area contributed by atoms with Crippen LogP contribution in [0.2, 0.25) is 0 Å². The van der Waals surface area contributed by atoms with Crippen LogP contribution in [-0.4, -0.2) is 26.0 Å². The predicted octanol–water partition coefficient (Wildman–Crippen LogP) is 3.12. The van der Waals surface area contributed by atoms with Gasteiger partial charge in [0.2, 0.25) is 0 Å². The maximum Gasteiger partial charge on any atom is 0.273 e. The maximum absolute atomic E-state index is 12.4. The van der Waals surface area contributed by atoms with Crippen molar-refractivity contribution in [1.29, 1.82) is 0 Å². The van der Waals surface area contributed by atoms with Crippen LogP contribution >= 0.6 is 24.0 Å². The molecule has 1 aliphatic heterocycles. The molecular weight excluding hydrogens is 316 g/mol. The van der Waals surface area contributed by atoms with Gasteiger partial charge in [-0.3, -0.25) is 14.6 Å². The molecule has 3 rings (SSSR count). The van der Waals surface area contributed by atoms with Crippen LogP contribution in [0.4, 0.5) is 0 Å². The first-order valence-electron chi connectivity index (χ1n) is 6.44. The van der Waals surface area contributed by atoms with E-state index < -0.39 is 5.91 Å². The highest BCUT2D eigenvalue weighted by atomic mass is 32.2. The fraction of sp³-hybridized carbons (Fsp3) is 0. The lowest BCUT2D eigenvalue weighted by molar-refractivity contribution is -0.120. The zero-order valence-electron chi connectivity index (χ0n) is 11.3. The number of carbonyl (C=O) groups is 2. The first-order valence-corrected chi connectivity index (χ1v) is 7.66. The highest BCUT2D eigenvalue weighted by Gasteiger charge is 2.37. The highest BCUT2D eigenvalue weighted by Crippen LogP contribution is 2.33. The Morgan fingerprint density at radius 2 is 1.82 bits per heavy atom. The smallest absolute Gasteiger partial charge is 0.268 e. The molecule has 6 heteroatoms. The Morgan fingerprint density at radius 1 is 1.14 bits per heavy atom. The molecule has 1 fully saturated rings. The second-order valence-corrected chi connectivity index (χ2v) is 6.14. The zero-order chi connectivity index (χ0) is 15.5. The summed E-state index contributed by atoms with van der Waals surface area (Å²) < 4.78 is 0.244. The molecule has 1 aromatic heterocycles. The lowest BCUT2D eigenvalue weighted by Crippen LogP contribution is -2.34. The van der Waals surface area contributed by atoms with E-state index in [2.05, 4.69) is 4.98 Å². The molecular formula is C16H10N2O2S2. The van der Waals surface area contributed by atoms with Crippen LogP contribution in [0.15, 0.2) is 59.8 Å². The molecule has 1 saturated heterocycles. The molecule has 0 aliphatic carbocycles. The van der Waals surface area contributed by atoms with Gasteiger partial charge in [0.1, 0.15) is 0 Å². The first kappa shape index (κ1) is 14.6. The quantitative estimate of drug-likeness (QED) is 0.482. The summed E-state index contributed by atoms with van der Waals surface area (Å²) in [4.78, 5) is 30.2. The third-order valence-corrected chi connectivity index (χ3v) is 4.32. The van der Waals surface area contributed by atoms with Gasteiger partial charge >= 0.3 is 0 Å². The van der Waals surface area contributed by atoms with Crippen molar-refractivity contribution in [2.75, 3.05) is 0 Å². The number of carbonyl (C=O) groups excluding carboxylic acids is 2. The Bertz CT molecular complexity index is 773. The zero-order valence-corrected chi connectivity index (χ0v) is 12.9. The number of hydrogen-bond acceptors (Lipinski definition) is 5. The van der Waals surface area contributed by atoms with Crippen molar-refractivity contribution in [3.8, 4) is 0 Å². The average molecular weight is 326 g/mol. The highest BCUT2D eigenvalue weighted by molar-refractivity contribution is 8.26. The maximum atomic E-state index is 12.4. The van der Waals surface area contributed by atoms with Crippen molar-refractivity contribution in [2.24, 2.45) is 0 Å². The number of benzene rings is 1. The van der Waals surface area contributed by atoms with Crippen LogP contribution in [0, 0.1) is 0 Å². The average Bonchev–Trinajstić information content (AvgIpc) is 2.82. The summed E-state index contributed by atoms with van der Waals surface area (Å²) in [5.41, 5.74) is 1.27. The molecule has 0 spiro atoms. The number of thioether (sulfide) groups is 1. The summed E-state index contributed by atoms with van der Waals surface area (Å²) in [5, 5.41) is 0. The summed E-state index contributed by atoms with van der Waals surface area (Å²) in [6.45, 7) is 0. The minimum atomic E-state index is -0.429. The van der Waals surface area contributed by atoms with E-state index in [0.29, 0.717) is 10.5 Å². The minimum absolute atomic E-state index is 0.244. The van der Waals surface area contributed by atoms with Gasteiger partial charge in [-0.05, 0) is 23.8 Å². The van der Waals surface area contributed by atoms with E-state index in [-0.39, 0.29) is 10.2 Å². The Labute approximate surface area is 136 Å². The molecule has 2 aromatic rings. The SMILES string of the molecule is O=C1C(=Cc2ccccc2)SC(=S)N1C(=O)c1ccncc1. The van der Waals surface area contributed by atoms with Gasteiger partial charge < -0.3 is 0 Å². The molecule has 22 heavy (non-hydrogen) atoms. The van der Waals surface area contributed by atoms with E-state index in [9.17, 15) is 9.59 Å². The van der Waals surface area contributed by atoms with Crippen LogP contribution in [0.25, 0.3) is 6.08 Å². The van der Waals surface area contributed by atoms with Gasteiger partial charge in [-0.25, -0.2) is 4.90 Å². The third kappa shape index (κ3) is 2.84. The molecule has 0 N–H and O–H groups in total. The number of aromatic nitrogens is 1. The predicted molar refractivity (Wildman–Crippen MR) is 90.0 cm³/mol. The molecule has 0 bridgehead atoms. The fourth-order valence-corrected chi connectivity index (χ4v) is 3.22. The molecule has 2 heterocycles. The van der Waals surface area contributed by atoms with Crippen LogP contribution in [0.5, 0.6) is 0 Å². The molecule has 2 amide bonds. The Balaban J connectivity index is 1.89. The standard InChI is InChI=1S/C16H10N2O2S2/c19-14(12-6-8-17-9-7-12)18-15(20)13(22-16(18)21)10-11-4-2-1-3-5-11/h1-10H. The first-order chi connectivity index (χ1) is 10.7. The lowest BCUT2D eigenvalue weighted by Gasteiger charge is -2.11. The molecule has 108 valence electrons. The largest absolute Gasteiger partial charge is 0.273 e. The number of pyridine rings is 1. The second-order valence-electron chi connectivity index (χ2n) is 4.47. The number of thiocarbonyl (C=S) groups is 1. The van der Waals surface area contributed by atoms with E-state index in [0.717, 1.165) is 22.2 Å². The van der Waals surface area contributed by atoms with Gasteiger partial charge in [0.05, 0.1) is 4.91 Å². The topological polar surface area (TPSA) is 50.3 Å². The van der Waals surface area contributed by atoms with Gasteiger partial charge in [-0.2, -0.15) is 0 Å². The van der Waals surface area contributed by atoms with Crippen LogP contribution < -0.4 is 0 Å². The number of nitrogens with zero attached hydrogens (tertiary/aromatic N) is 2. The molecule has 0 unspecified atom stereocenters. The minimum Gasteiger partial charge on any atom is -0.268 e. The molecule has 4 nitrogen and oxygen atoms in total. The summed E-state index contributed by atoms with van der Waals surface area (Å²) in [6.07, 6.45) is 4.74. The summed E-state index contributed by atoms with van der Waals surface area (Å²) >= 11 is 6.31. The molecule has 1 aliphatic rings. The lowest BCUT2D eigenvalue weighted by atomic mass is 10.2. The number of imide groups is 1. The van der Waals surface area contributed by atoms with Crippen molar-refractivity contribution in [1.82, 2.24) is 9.88 Å². The van der Waals surface area contributed by atoms with Crippen molar-refractivity contribution < 1.29 is 9.59 Å². The van der Waals surface area contributed by atoms with Gasteiger partial charge in [-0.1, -0.05) is 54.3 Å². The third-order valence-electron chi connectivity index (χ3n) is 3.02. The van der Waals surface area contributed by atoms with Crippen LogP contribution in [0.3, 0.4) is 0 Å². The second kappa shape index (κ2) is 6.21. The van der Waals surface area contributed by atoms with Crippen molar-refractivity contribution in [3.63, 3.8) is 0 Å². The van der Waals surface area contributed by atoms with E-state index >= 15 is 0 Å². The number of rotatable bonds is 2. The summed E-state index contributed by atoms with van der Waals surface area (Å²) in [7, 11) is 0. The van der Waals surface area contributed by atoms with Crippen LogP contribution in [-0.2, 0) is 4.79 Å². The molecule has 0 atom stereocenters. The van der Waals surface area contributed by atoms with Crippen molar-refractivity contribution in [3.05, 3.63) is 70.9 Å². The Hall–Kier alpha value is -2.31. The van der Waals surface area contributed by atoms with E-state index in [1.807, 2.05) is 30.3 Å². The van der Waals surface area contributed by atoms with Crippen molar-refractivity contribution in [2.45, 2.75) is 0 Å². The van der Waals surface area contributed by atoms with Gasteiger partial charge in [0.15, 0.2) is 4.32 Å². The van der Waals surface area contributed by atoms with Gasteiger partial charge in [0, 0.05) is 18.0 Å². The Morgan fingerprint density at radius 3 is 2.50 bits per heavy atom. The number of hydrogen-bond donors (Lipinski definition) is 0. The van der Waals surface area contributed by atoms with E-state index in [1.54, 1.807) is 18.2 Å². The molecule has 0 saturated carbocycles. The Kier molecular flexibility index (Phi) is 4.13. The fourth-order valence-electron chi connectivity index (χ4n) is 1.97. The molecule has 0 radical (unpaired) electrons. The van der Waals surface area contributed by atoms with Gasteiger partial charge in [0.25, 0.3) is 11.8 Å². The summed E-state index contributed by atoms with van der Waals surface area (Å²) in [5.74, 6) is -0.818. The van der Waals surface area contributed by atoms with Crippen LogP contribution in [0.1, 0.15) is 15.9 Å². The van der Waals surface area contributed by atoms with Gasteiger partial charge in [-0.15, -0.1) is 0 Å². The van der Waals surface area contributed by atoms with Crippen molar-refractivity contribution >= 4 is 46.2 Å². The van der Waals surface area contributed by atoms with E-state index in [1.165, 1.54) is 12.4 Å². The van der Waals surface area contributed by atoms with E-state index in [4.69, 9.17) is 12.2 Å². The monoisotopic (exact) mass is 326 g/mol. The number of amides is 2. The normalized spacial score (nSPS) is 16.4. The molecule has 1 aromatic carbocycles.